The molecule has 0 aliphatic carbocycles. The van der Waals surface area contributed by atoms with Gasteiger partial charge in [-0.05, 0) is 24.6 Å². The first-order valence-corrected chi connectivity index (χ1v) is 7.88. The molecule has 94 valence electrons. The highest BCUT2D eigenvalue weighted by molar-refractivity contribution is 14.1. The maximum Gasteiger partial charge on any atom is 0.243 e. The van der Waals surface area contributed by atoms with Crippen LogP contribution in [0.25, 0.3) is 0 Å². The summed E-state index contributed by atoms with van der Waals surface area (Å²) in [6.07, 6.45) is 0. The number of sulfonamides is 1. The summed E-state index contributed by atoms with van der Waals surface area (Å²) >= 11 is 2.23. The van der Waals surface area contributed by atoms with Crippen LogP contribution in [0.2, 0.25) is 0 Å². The quantitative estimate of drug-likeness (QED) is 0.591. The van der Waals surface area contributed by atoms with Gasteiger partial charge in [0.05, 0.1) is 4.90 Å². The van der Waals surface area contributed by atoms with Crippen molar-refractivity contribution < 1.29 is 8.42 Å². The lowest BCUT2D eigenvalue weighted by Gasteiger charge is -2.30. The number of nitrogens with zero attached hydrogens (tertiary/aromatic N) is 2. The Bertz CT molecular complexity index is 496. The van der Waals surface area contributed by atoms with Gasteiger partial charge >= 0.3 is 0 Å². The van der Waals surface area contributed by atoms with E-state index in [1.54, 1.807) is 22.5 Å². The van der Waals surface area contributed by atoms with E-state index in [0.717, 1.165) is 18.7 Å². The van der Waals surface area contributed by atoms with Crippen LogP contribution in [0.4, 0.5) is 0 Å². The highest BCUT2D eigenvalue weighted by Crippen LogP contribution is 2.19. The molecule has 0 unspecified atom stereocenters. The molecule has 4 nitrogen and oxygen atoms in total. The molecule has 0 spiro atoms. The molecule has 0 saturated carbocycles. The zero-order chi connectivity index (χ0) is 12.5. The van der Waals surface area contributed by atoms with Crippen molar-refractivity contribution in [2.24, 2.45) is 0 Å². The summed E-state index contributed by atoms with van der Waals surface area (Å²) in [4.78, 5) is 0.402. The van der Waals surface area contributed by atoms with Crippen molar-refractivity contribution in [2.75, 3.05) is 26.2 Å². The van der Waals surface area contributed by atoms with Crippen molar-refractivity contribution in [3.63, 3.8) is 0 Å². The summed E-state index contributed by atoms with van der Waals surface area (Å²) in [5, 5.41) is 0. The van der Waals surface area contributed by atoms with Crippen LogP contribution in [0.1, 0.15) is 5.56 Å². The van der Waals surface area contributed by atoms with Crippen LogP contribution >= 0.6 is 22.9 Å². The summed E-state index contributed by atoms with van der Waals surface area (Å²) in [6, 6.07) is 7.09. The van der Waals surface area contributed by atoms with E-state index < -0.39 is 10.0 Å². The second kappa shape index (κ2) is 5.21. The van der Waals surface area contributed by atoms with Crippen molar-refractivity contribution in [2.45, 2.75) is 11.8 Å². The molecule has 0 bridgehead atoms. The van der Waals surface area contributed by atoms with Gasteiger partial charge in [-0.1, -0.05) is 12.1 Å². The molecule has 6 heteroatoms. The van der Waals surface area contributed by atoms with E-state index in [-0.39, 0.29) is 0 Å². The Balaban J connectivity index is 2.25. The van der Waals surface area contributed by atoms with Crippen LogP contribution in [-0.4, -0.2) is 42.0 Å². The third kappa shape index (κ3) is 2.98. The van der Waals surface area contributed by atoms with Crippen molar-refractivity contribution >= 4 is 32.9 Å². The molecule has 0 aromatic heterocycles. The van der Waals surface area contributed by atoms with Gasteiger partial charge in [0.25, 0.3) is 0 Å². The van der Waals surface area contributed by atoms with Crippen LogP contribution in [0.5, 0.6) is 0 Å². The molecule has 1 fully saturated rings. The molecular weight excluding hydrogens is 351 g/mol. The van der Waals surface area contributed by atoms with Crippen molar-refractivity contribution in [3.8, 4) is 0 Å². The molecule has 0 radical (unpaired) electrons. The highest BCUT2D eigenvalue weighted by Gasteiger charge is 2.27. The molecule has 0 atom stereocenters. The number of halogens is 1. The van der Waals surface area contributed by atoms with Gasteiger partial charge in [-0.3, -0.25) is 0 Å². The summed E-state index contributed by atoms with van der Waals surface area (Å²) in [5.74, 6) is 0. The Labute approximate surface area is 116 Å². The molecule has 1 saturated heterocycles. The van der Waals surface area contributed by atoms with Crippen molar-refractivity contribution in [1.29, 1.82) is 0 Å². The minimum atomic E-state index is -3.30. The monoisotopic (exact) mass is 366 g/mol. The van der Waals surface area contributed by atoms with Gasteiger partial charge in [-0.15, -0.1) is 0 Å². The van der Waals surface area contributed by atoms with Crippen LogP contribution in [0, 0.1) is 6.92 Å². The third-order valence-electron chi connectivity index (χ3n) is 2.81. The van der Waals surface area contributed by atoms with Gasteiger partial charge < -0.3 is 0 Å². The second-order valence-corrected chi connectivity index (χ2v) is 7.43. The molecule has 1 aromatic rings. The SMILES string of the molecule is Cc1cccc(S(=O)(=O)N2CCN(I)CC2)c1. The maximum absolute atomic E-state index is 12.4. The first-order chi connectivity index (χ1) is 8.00. The molecule has 1 aliphatic rings. The van der Waals surface area contributed by atoms with Crippen molar-refractivity contribution in [1.82, 2.24) is 7.42 Å². The smallest absolute Gasteiger partial charge is 0.243 e. The number of hydrogen-bond acceptors (Lipinski definition) is 3. The lowest BCUT2D eigenvalue weighted by molar-refractivity contribution is 0.304. The summed E-state index contributed by atoms with van der Waals surface area (Å²) in [6.45, 7) is 4.61. The molecule has 1 aliphatic heterocycles. The molecular formula is C11H15IN2O2S. The second-order valence-electron chi connectivity index (χ2n) is 4.13. The molecule has 17 heavy (non-hydrogen) atoms. The number of benzene rings is 1. The normalized spacial score (nSPS) is 19.4. The summed E-state index contributed by atoms with van der Waals surface area (Å²) < 4.78 is 28.4. The maximum atomic E-state index is 12.4. The average Bonchev–Trinajstić information content (AvgIpc) is 2.29. The number of aryl methyl sites for hydroxylation is 1. The van der Waals surface area contributed by atoms with E-state index >= 15 is 0 Å². The van der Waals surface area contributed by atoms with Gasteiger partial charge in [-0.2, -0.15) is 4.31 Å². The number of rotatable bonds is 2. The Morgan fingerprint density at radius 3 is 2.41 bits per heavy atom. The molecule has 0 N–H and O–H groups in total. The Kier molecular flexibility index (Phi) is 4.06. The number of piperazine rings is 1. The van der Waals surface area contributed by atoms with Gasteiger partial charge in [-0.25, -0.2) is 11.5 Å². The Morgan fingerprint density at radius 2 is 1.82 bits per heavy atom. The van der Waals surface area contributed by atoms with Gasteiger partial charge in [0.2, 0.25) is 10.0 Å². The topological polar surface area (TPSA) is 40.6 Å². The van der Waals surface area contributed by atoms with E-state index in [1.807, 2.05) is 13.0 Å². The highest BCUT2D eigenvalue weighted by atomic mass is 127. The molecule has 1 aromatic carbocycles. The fourth-order valence-corrected chi connectivity index (χ4v) is 3.79. The van der Waals surface area contributed by atoms with Crippen LogP contribution in [-0.2, 0) is 10.0 Å². The summed E-state index contributed by atoms with van der Waals surface area (Å²) in [7, 11) is -3.30. The molecule has 0 amide bonds. The fraction of sp³-hybridized carbons (Fsp3) is 0.455. The Hall–Kier alpha value is -0.180. The lowest BCUT2D eigenvalue weighted by atomic mass is 10.2. The fourth-order valence-electron chi connectivity index (χ4n) is 1.83. The van der Waals surface area contributed by atoms with E-state index in [9.17, 15) is 8.42 Å². The van der Waals surface area contributed by atoms with E-state index in [2.05, 4.69) is 26.0 Å². The first-order valence-electron chi connectivity index (χ1n) is 5.48. The largest absolute Gasteiger partial charge is 0.245 e. The zero-order valence-corrected chi connectivity index (χ0v) is 12.6. The lowest BCUT2D eigenvalue weighted by Crippen LogP contribution is -2.45. The van der Waals surface area contributed by atoms with Crippen LogP contribution in [0.15, 0.2) is 29.2 Å². The standard InChI is InChI=1S/C11H15IN2O2S/c1-10-3-2-4-11(9-10)17(15,16)14-7-5-13(12)6-8-14/h2-4,9H,5-8H2,1H3. The predicted octanol–water partition coefficient (Wildman–Crippen LogP) is 1.65. The Morgan fingerprint density at radius 1 is 1.18 bits per heavy atom. The number of hydrogen-bond donors (Lipinski definition) is 0. The third-order valence-corrected chi connectivity index (χ3v) is 5.67. The minimum Gasteiger partial charge on any atom is -0.245 e. The van der Waals surface area contributed by atoms with E-state index in [1.165, 1.54) is 0 Å². The minimum absolute atomic E-state index is 0.402. The van der Waals surface area contributed by atoms with Crippen LogP contribution in [0.3, 0.4) is 0 Å². The van der Waals surface area contributed by atoms with Gasteiger partial charge in [0.15, 0.2) is 0 Å². The van der Waals surface area contributed by atoms with E-state index in [4.69, 9.17) is 0 Å². The zero-order valence-electron chi connectivity index (χ0n) is 9.63. The van der Waals surface area contributed by atoms with Crippen LogP contribution < -0.4 is 0 Å². The summed E-state index contributed by atoms with van der Waals surface area (Å²) in [5.41, 5.74) is 0.971. The molecule has 1 heterocycles. The van der Waals surface area contributed by atoms with Gasteiger partial charge in [0.1, 0.15) is 0 Å². The predicted molar refractivity (Wildman–Crippen MR) is 75.5 cm³/mol. The van der Waals surface area contributed by atoms with Gasteiger partial charge in [0, 0.05) is 49.0 Å². The van der Waals surface area contributed by atoms with E-state index in [0.29, 0.717) is 18.0 Å². The molecule has 2 rings (SSSR count). The average molecular weight is 366 g/mol. The first kappa shape index (κ1) is 13.3. The van der Waals surface area contributed by atoms with Crippen molar-refractivity contribution in [3.05, 3.63) is 29.8 Å².